The Labute approximate surface area is 180 Å². The van der Waals surface area contributed by atoms with Gasteiger partial charge in [-0.1, -0.05) is 48.7 Å². The summed E-state index contributed by atoms with van der Waals surface area (Å²) in [5.41, 5.74) is 8.73. The van der Waals surface area contributed by atoms with Gasteiger partial charge in [0.1, 0.15) is 0 Å². The van der Waals surface area contributed by atoms with E-state index in [9.17, 15) is 9.59 Å². The Morgan fingerprint density at radius 3 is 1.57 bits per heavy atom. The summed E-state index contributed by atoms with van der Waals surface area (Å²) in [6.07, 6.45) is 1.67. The maximum absolute atomic E-state index is 13.4. The van der Waals surface area contributed by atoms with Gasteiger partial charge in [-0.3, -0.25) is 9.59 Å². The highest BCUT2D eigenvalue weighted by Gasteiger charge is 2.21. The molecular formula is C28H30O2. The van der Waals surface area contributed by atoms with Gasteiger partial charge in [0.05, 0.1) is 0 Å². The molecule has 154 valence electrons. The zero-order chi connectivity index (χ0) is 22.0. The minimum atomic E-state index is 0.0248. The molecule has 0 N–H and O–H groups in total. The number of benzene rings is 3. The highest BCUT2D eigenvalue weighted by molar-refractivity contribution is 6.14. The molecule has 0 aromatic heterocycles. The summed E-state index contributed by atoms with van der Waals surface area (Å²) >= 11 is 0. The lowest BCUT2D eigenvalue weighted by atomic mass is 9.87. The van der Waals surface area contributed by atoms with Crippen LogP contribution in [-0.2, 0) is 6.42 Å². The van der Waals surface area contributed by atoms with Crippen molar-refractivity contribution >= 4 is 11.6 Å². The molecule has 0 aliphatic carbocycles. The van der Waals surface area contributed by atoms with E-state index in [0.717, 1.165) is 57.3 Å². The van der Waals surface area contributed by atoms with Gasteiger partial charge in [-0.15, -0.1) is 0 Å². The summed E-state index contributed by atoms with van der Waals surface area (Å²) in [7, 11) is 0. The minimum Gasteiger partial charge on any atom is -0.289 e. The lowest BCUT2D eigenvalue weighted by Gasteiger charge is -2.15. The maximum Gasteiger partial charge on any atom is 0.193 e. The van der Waals surface area contributed by atoms with E-state index < -0.39 is 0 Å². The smallest absolute Gasteiger partial charge is 0.193 e. The van der Waals surface area contributed by atoms with Crippen LogP contribution in [0, 0.1) is 34.6 Å². The molecule has 2 heteroatoms. The van der Waals surface area contributed by atoms with E-state index in [1.54, 1.807) is 0 Å². The van der Waals surface area contributed by atoms with Crippen molar-refractivity contribution in [2.24, 2.45) is 0 Å². The van der Waals surface area contributed by atoms with Crippen molar-refractivity contribution in [2.75, 3.05) is 0 Å². The molecule has 0 aliphatic heterocycles. The molecule has 0 saturated carbocycles. The van der Waals surface area contributed by atoms with Crippen LogP contribution in [0.4, 0.5) is 0 Å². The predicted octanol–water partition coefficient (Wildman–Crippen LogP) is 6.64. The zero-order valence-electron chi connectivity index (χ0n) is 18.8. The van der Waals surface area contributed by atoms with Crippen molar-refractivity contribution in [1.82, 2.24) is 0 Å². The van der Waals surface area contributed by atoms with Gasteiger partial charge in [-0.25, -0.2) is 0 Å². The first-order valence-electron chi connectivity index (χ1n) is 10.6. The van der Waals surface area contributed by atoms with E-state index in [4.69, 9.17) is 0 Å². The van der Waals surface area contributed by atoms with Crippen molar-refractivity contribution < 1.29 is 9.59 Å². The molecule has 0 amide bonds. The van der Waals surface area contributed by atoms with Crippen LogP contribution in [0.1, 0.15) is 78.6 Å². The number of hydrogen-bond acceptors (Lipinski definition) is 2. The molecule has 0 atom stereocenters. The van der Waals surface area contributed by atoms with Crippen molar-refractivity contribution in [3.8, 4) is 0 Å². The third-order valence-electron chi connectivity index (χ3n) is 5.73. The van der Waals surface area contributed by atoms with Crippen LogP contribution in [0.25, 0.3) is 0 Å². The number of rotatable bonds is 6. The second kappa shape index (κ2) is 8.79. The van der Waals surface area contributed by atoms with Crippen LogP contribution < -0.4 is 0 Å². The molecule has 0 radical (unpaired) electrons. The highest BCUT2D eigenvalue weighted by atomic mass is 16.1. The molecule has 0 heterocycles. The molecule has 3 aromatic carbocycles. The van der Waals surface area contributed by atoms with Crippen molar-refractivity contribution in [3.05, 3.63) is 104 Å². The summed E-state index contributed by atoms with van der Waals surface area (Å²) in [6.45, 7) is 12.0. The summed E-state index contributed by atoms with van der Waals surface area (Å²) in [6, 6.07) is 15.8. The number of carbonyl (C=O) groups is 2. The fourth-order valence-electron chi connectivity index (χ4n) is 3.94. The first kappa shape index (κ1) is 21.7. The maximum atomic E-state index is 13.4. The Hall–Kier alpha value is -3.00. The fraction of sp³-hybridized carbons (Fsp3) is 0.286. The molecule has 0 bridgehead atoms. The van der Waals surface area contributed by atoms with Gasteiger partial charge >= 0.3 is 0 Å². The third-order valence-corrected chi connectivity index (χ3v) is 5.73. The average molecular weight is 399 g/mol. The zero-order valence-corrected chi connectivity index (χ0v) is 18.8. The number of ketones is 2. The number of hydrogen-bond donors (Lipinski definition) is 0. The number of aryl methyl sites for hydroxylation is 6. The molecule has 30 heavy (non-hydrogen) atoms. The van der Waals surface area contributed by atoms with Crippen LogP contribution in [0.15, 0.2) is 48.5 Å². The SMILES string of the molecule is CCCc1cc(C(=O)c2cc(C)ccc2C)c(C)cc1C(=O)c1cc(C)ccc1C. The lowest BCUT2D eigenvalue weighted by molar-refractivity contribution is 0.102. The lowest BCUT2D eigenvalue weighted by Crippen LogP contribution is -2.12. The molecule has 0 aliphatic rings. The van der Waals surface area contributed by atoms with E-state index >= 15 is 0 Å². The third kappa shape index (κ3) is 4.28. The van der Waals surface area contributed by atoms with Crippen LogP contribution in [0.2, 0.25) is 0 Å². The van der Waals surface area contributed by atoms with Crippen molar-refractivity contribution in [1.29, 1.82) is 0 Å². The van der Waals surface area contributed by atoms with Crippen LogP contribution in [0.3, 0.4) is 0 Å². The Kier molecular flexibility index (Phi) is 6.36. The monoisotopic (exact) mass is 398 g/mol. The summed E-state index contributed by atoms with van der Waals surface area (Å²) in [4.78, 5) is 26.8. The standard InChI is InChI=1S/C28H30O2/c1-7-8-22-16-25(27(29)23-13-17(2)9-11-19(23)4)21(6)15-26(22)28(30)24-14-18(3)10-12-20(24)5/h9-16H,7-8H2,1-6H3. The van der Waals surface area contributed by atoms with Crippen LogP contribution >= 0.6 is 0 Å². The summed E-state index contributed by atoms with van der Waals surface area (Å²) in [5, 5.41) is 0. The number of carbonyl (C=O) groups excluding carboxylic acids is 2. The Balaban J connectivity index is 2.13. The molecule has 3 rings (SSSR count). The van der Waals surface area contributed by atoms with Crippen LogP contribution in [-0.4, -0.2) is 11.6 Å². The molecule has 0 saturated heterocycles. The second-order valence-electron chi connectivity index (χ2n) is 8.37. The van der Waals surface area contributed by atoms with Gasteiger partial charge in [0.25, 0.3) is 0 Å². The van der Waals surface area contributed by atoms with Gasteiger partial charge in [-0.2, -0.15) is 0 Å². The molecule has 0 fully saturated rings. The molecule has 0 unspecified atom stereocenters. The predicted molar refractivity (Wildman–Crippen MR) is 124 cm³/mol. The van der Waals surface area contributed by atoms with Crippen molar-refractivity contribution in [2.45, 2.75) is 54.4 Å². The van der Waals surface area contributed by atoms with Gasteiger partial charge < -0.3 is 0 Å². The van der Waals surface area contributed by atoms with E-state index in [-0.39, 0.29) is 11.6 Å². The van der Waals surface area contributed by atoms with E-state index in [1.807, 2.05) is 83.1 Å². The van der Waals surface area contributed by atoms with E-state index in [2.05, 4.69) is 6.92 Å². The highest BCUT2D eigenvalue weighted by Crippen LogP contribution is 2.26. The Bertz CT molecular complexity index is 1140. The normalized spacial score (nSPS) is 10.9. The van der Waals surface area contributed by atoms with E-state index in [0.29, 0.717) is 11.1 Å². The first-order chi connectivity index (χ1) is 14.2. The topological polar surface area (TPSA) is 34.1 Å². The molecule has 3 aromatic rings. The van der Waals surface area contributed by atoms with Gasteiger partial charge in [0, 0.05) is 22.3 Å². The van der Waals surface area contributed by atoms with E-state index in [1.165, 1.54) is 0 Å². The van der Waals surface area contributed by atoms with Crippen molar-refractivity contribution in [3.63, 3.8) is 0 Å². The average Bonchev–Trinajstić information content (AvgIpc) is 2.71. The van der Waals surface area contributed by atoms with Crippen LogP contribution in [0.5, 0.6) is 0 Å². The molecular weight excluding hydrogens is 368 g/mol. The van der Waals surface area contributed by atoms with Gasteiger partial charge in [-0.05, 0) is 87.6 Å². The minimum absolute atomic E-state index is 0.0248. The van der Waals surface area contributed by atoms with Gasteiger partial charge in [0.15, 0.2) is 11.6 Å². The Morgan fingerprint density at radius 2 is 1.07 bits per heavy atom. The van der Waals surface area contributed by atoms with Gasteiger partial charge in [0.2, 0.25) is 0 Å². The Morgan fingerprint density at radius 1 is 0.600 bits per heavy atom. The summed E-state index contributed by atoms with van der Waals surface area (Å²) in [5.74, 6) is 0.0604. The first-order valence-corrected chi connectivity index (χ1v) is 10.6. The molecule has 2 nitrogen and oxygen atoms in total. The second-order valence-corrected chi connectivity index (χ2v) is 8.37. The fourth-order valence-corrected chi connectivity index (χ4v) is 3.94. The summed E-state index contributed by atoms with van der Waals surface area (Å²) < 4.78 is 0. The largest absolute Gasteiger partial charge is 0.289 e. The molecule has 0 spiro atoms. The quantitative estimate of drug-likeness (QED) is 0.436.